The molecule has 1 rings (SSSR count). The zero-order chi connectivity index (χ0) is 8.10. The third kappa shape index (κ3) is 2.30. The highest BCUT2D eigenvalue weighted by Gasteiger charge is 1.91. The number of halogens is 1. The van der Waals surface area contributed by atoms with E-state index >= 15 is 0 Å². The standard InChI is InChI=1S/C8H6BClO/c10-8-4-2-1-3-7(8)5-6-9-11/h1-4,9,11H. The zero-order valence-corrected chi connectivity index (χ0v) is 6.60. The molecule has 0 spiro atoms. The van der Waals surface area contributed by atoms with Gasteiger partial charge in [0.05, 0.1) is 5.02 Å². The van der Waals surface area contributed by atoms with Crippen molar-refractivity contribution in [1.29, 1.82) is 0 Å². The molecule has 54 valence electrons. The smallest absolute Gasteiger partial charge is 0.359 e. The molecule has 1 nitrogen and oxygen atoms in total. The Morgan fingerprint density at radius 3 is 2.73 bits per heavy atom. The summed E-state index contributed by atoms with van der Waals surface area (Å²) in [5, 5.41) is 9.02. The Morgan fingerprint density at radius 2 is 2.09 bits per heavy atom. The third-order valence-corrected chi connectivity index (χ3v) is 1.51. The van der Waals surface area contributed by atoms with Gasteiger partial charge in [0.2, 0.25) is 0 Å². The van der Waals surface area contributed by atoms with Gasteiger partial charge < -0.3 is 5.02 Å². The fourth-order valence-electron chi connectivity index (χ4n) is 0.697. The van der Waals surface area contributed by atoms with Gasteiger partial charge in [0, 0.05) is 5.56 Å². The first-order valence-electron chi connectivity index (χ1n) is 3.19. The molecule has 0 unspecified atom stereocenters. The molecule has 0 aliphatic rings. The Hall–Kier alpha value is -0.905. The van der Waals surface area contributed by atoms with E-state index in [2.05, 4.69) is 11.7 Å². The summed E-state index contributed by atoms with van der Waals surface area (Å²) in [5.74, 6) is 5.26. The van der Waals surface area contributed by atoms with E-state index < -0.39 is 0 Å². The van der Waals surface area contributed by atoms with Crippen LogP contribution < -0.4 is 0 Å². The lowest BCUT2D eigenvalue weighted by Crippen LogP contribution is -1.80. The van der Waals surface area contributed by atoms with Crippen LogP contribution in [-0.4, -0.2) is 12.5 Å². The Morgan fingerprint density at radius 1 is 1.36 bits per heavy atom. The van der Waals surface area contributed by atoms with Gasteiger partial charge in [-0.05, 0) is 12.1 Å². The quantitative estimate of drug-likeness (QED) is 0.448. The highest BCUT2D eigenvalue weighted by Crippen LogP contribution is 2.12. The van der Waals surface area contributed by atoms with Gasteiger partial charge in [-0.1, -0.05) is 29.7 Å². The van der Waals surface area contributed by atoms with Crippen molar-refractivity contribution in [3.05, 3.63) is 34.9 Å². The molecule has 0 fully saturated rings. The molecule has 0 saturated heterocycles. The van der Waals surface area contributed by atoms with Crippen LogP contribution in [0.25, 0.3) is 0 Å². The van der Waals surface area contributed by atoms with E-state index in [0.717, 1.165) is 5.56 Å². The predicted molar refractivity (Wildman–Crippen MR) is 47.7 cm³/mol. The Bertz CT molecular complexity index is 300. The minimum atomic E-state index is -0.134. The van der Waals surface area contributed by atoms with Gasteiger partial charge in [-0.3, -0.25) is 0 Å². The molecule has 11 heavy (non-hydrogen) atoms. The highest BCUT2D eigenvalue weighted by molar-refractivity contribution is 6.37. The summed E-state index contributed by atoms with van der Waals surface area (Å²) in [6.45, 7) is 0. The SMILES string of the molecule is OBC#Cc1ccccc1Cl. The van der Waals surface area contributed by atoms with Gasteiger partial charge >= 0.3 is 7.48 Å². The normalized spacial score (nSPS) is 8.18. The van der Waals surface area contributed by atoms with Crippen molar-refractivity contribution in [2.24, 2.45) is 0 Å². The third-order valence-electron chi connectivity index (χ3n) is 1.18. The molecule has 3 heteroatoms. The van der Waals surface area contributed by atoms with Crippen LogP contribution in [0.3, 0.4) is 0 Å². The van der Waals surface area contributed by atoms with E-state index in [4.69, 9.17) is 16.6 Å². The highest BCUT2D eigenvalue weighted by atomic mass is 35.5. The number of hydrogen-bond acceptors (Lipinski definition) is 1. The molecule has 1 aromatic rings. The van der Waals surface area contributed by atoms with Gasteiger partial charge in [-0.25, -0.2) is 0 Å². The van der Waals surface area contributed by atoms with Crippen molar-refractivity contribution in [3.63, 3.8) is 0 Å². The minimum absolute atomic E-state index is 0.134. The van der Waals surface area contributed by atoms with Crippen LogP contribution in [0.15, 0.2) is 24.3 Å². The van der Waals surface area contributed by atoms with Gasteiger partial charge in [0.15, 0.2) is 0 Å². The Balaban J connectivity index is 2.95. The average molecular weight is 164 g/mol. The maximum atomic E-state index is 8.40. The van der Waals surface area contributed by atoms with Gasteiger partial charge in [-0.2, -0.15) is 0 Å². The van der Waals surface area contributed by atoms with Crippen molar-refractivity contribution in [2.45, 2.75) is 0 Å². The van der Waals surface area contributed by atoms with Gasteiger partial charge in [0.1, 0.15) is 0 Å². The first-order chi connectivity index (χ1) is 5.34. The second-order valence-electron chi connectivity index (χ2n) is 1.94. The van der Waals surface area contributed by atoms with Gasteiger partial charge in [-0.15, -0.1) is 5.82 Å². The lowest BCUT2D eigenvalue weighted by Gasteiger charge is -1.91. The number of rotatable bonds is 0. The van der Waals surface area contributed by atoms with Crippen molar-refractivity contribution in [1.82, 2.24) is 0 Å². The van der Waals surface area contributed by atoms with Crippen molar-refractivity contribution >= 4 is 19.1 Å². The molecular formula is C8H6BClO. The molecule has 0 amide bonds. The molecule has 0 aromatic heterocycles. The van der Waals surface area contributed by atoms with Crippen LogP contribution in [0, 0.1) is 11.7 Å². The maximum absolute atomic E-state index is 8.40. The fourth-order valence-corrected chi connectivity index (χ4v) is 0.880. The second kappa shape index (κ2) is 4.07. The molecule has 0 atom stereocenters. The average Bonchev–Trinajstić information content (AvgIpc) is 2.03. The van der Waals surface area contributed by atoms with E-state index in [1.54, 1.807) is 6.07 Å². The molecule has 0 aliphatic heterocycles. The molecule has 0 aliphatic carbocycles. The van der Waals surface area contributed by atoms with E-state index in [-0.39, 0.29) is 7.48 Å². The lowest BCUT2D eigenvalue weighted by atomic mass is 10.0. The maximum Gasteiger partial charge on any atom is 0.359 e. The van der Waals surface area contributed by atoms with Crippen LogP contribution in [0.5, 0.6) is 0 Å². The molecule has 0 saturated carbocycles. The summed E-state index contributed by atoms with van der Waals surface area (Å²) in [7, 11) is -0.134. The number of benzene rings is 1. The molecule has 1 aromatic carbocycles. The van der Waals surface area contributed by atoms with E-state index in [1.807, 2.05) is 18.2 Å². The first kappa shape index (κ1) is 8.19. The van der Waals surface area contributed by atoms with Crippen LogP contribution in [0.4, 0.5) is 0 Å². The molecule has 0 bridgehead atoms. The summed E-state index contributed by atoms with van der Waals surface area (Å²) < 4.78 is 0. The summed E-state index contributed by atoms with van der Waals surface area (Å²) in [5.41, 5.74) is 0.753. The van der Waals surface area contributed by atoms with Crippen molar-refractivity contribution in [2.75, 3.05) is 0 Å². The van der Waals surface area contributed by atoms with Crippen LogP contribution in [0.2, 0.25) is 5.02 Å². The van der Waals surface area contributed by atoms with Crippen LogP contribution in [0.1, 0.15) is 5.56 Å². The predicted octanol–water partition coefficient (Wildman–Crippen LogP) is 0.993. The summed E-state index contributed by atoms with van der Waals surface area (Å²) in [4.78, 5) is 0. The van der Waals surface area contributed by atoms with Crippen LogP contribution in [-0.2, 0) is 0 Å². The summed E-state index contributed by atoms with van der Waals surface area (Å²) in [6.07, 6.45) is 0. The molecule has 0 radical (unpaired) electrons. The molecule has 1 N–H and O–H groups in total. The van der Waals surface area contributed by atoms with Crippen molar-refractivity contribution in [3.8, 4) is 11.7 Å². The fraction of sp³-hybridized carbons (Fsp3) is 0. The molecular weight excluding hydrogens is 158 g/mol. The van der Waals surface area contributed by atoms with E-state index in [1.165, 1.54) is 0 Å². The second-order valence-corrected chi connectivity index (χ2v) is 2.35. The Labute approximate surface area is 71.3 Å². The largest absolute Gasteiger partial charge is 0.443 e. The summed E-state index contributed by atoms with van der Waals surface area (Å²) >= 11 is 5.78. The Kier molecular flexibility index (Phi) is 3.03. The van der Waals surface area contributed by atoms with Gasteiger partial charge in [0.25, 0.3) is 0 Å². The van der Waals surface area contributed by atoms with Crippen molar-refractivity contribution < 1.29 is 5.02 Å². The topological polar surface area (TPSA) is 20.2 Å². The summed E-state index contributed by atoms with van der Waals surface area (Å²) in [6, 6.07) is 7.27. The van der Waals surface area contributed by atoms with Crippen LogP contribution >= 0.6 is 11.6 Å². The zero-order valence-electron chi connectivity index (χ0n) is 5.84. The number of hydrogen-bond donors (Lipinski definition) is 1. The molecule has 0 heterocycles. The minimum Gasteiger partial charge on any atom is -0.443 e. The monoisotopic (exact) mass is 164 g/mol. The lowest BCUT2D eigenvalue weighted by molar-refractivity contribution is 0.616. The van der Waals surface area contributed by atoms with E-state index in [9.17, 15) is 0 Å². The first-order valence-corrected chi connectivity index (χ1v) is 3.56. The van der Waals surface area contributed by atoms with E-state index in [0.29, 0.717) is 5.02 Å².